The minimum absolute atomic E-state index is 0.0188. The van der Waals surface area contributed by atoms with Gasteiger partial charge in [-0.3, -0.25) is 9.59 Å². The number of likely N-dealkylation sites (tertiary alicyclic amines) is 1. The predicted molar refractivity (Wildman–Crippen MR) is 89.8 cm³/mol. The third kappa shape index (κ3) is 1.97. The topological polar surface area (TPSA) is 67.9 Å². The average molecular weight is 336 g/mol. The van der Waals surface area contributed by atoms with Gasteiger partial charge in [-0.2, -0.15) is 0 Å². The van der Waals surface area contributed by atoms with Crippen molar-refractivity contribution in [3.63, 3.8) is 0 Å². The summed E-state index contributed by atoms with van der Waals surface area (Å²) in [6, 6.07) is 12.9. The summed E-state index contributed by atoms with van der Waals surface area (Å²) in [5, 5.41) is 2.95. The molecule has 0 bridgehead atoms. The Labute approximate surface area is 144 Å². The zero-order valence-electron chi connectivity index (χ0n) is 13.5. The first kappa shape index (κ1) is 14.3. The maximum atomic E-state index is 12.9. The second-order valence-electron chi connectivity index (χ2n) is 6.63. The number of nitrogens with zero attached hydrogens (tertiary/aromatic N) is 1. The van der Waals surface area contributed by atoms with Gasteiger partial charge in [0.2, 0.25) is 12.7 Å². The molecule has 2 amide bonds. The number of benzene rings is 2. The van der Waals surface area contributed by atoms with Crippen molar-refractivity contribution in [2.75, 3.05) is 25.2 Å². The Morgan fingerprint density at radius 1 is 1.12 bits per heavy atom. The second-order valence-corrected chi connectivity index (χ2v) is 6.63. The smallest absolute Gasteiger partial charge is 0.254 e. The van der Waals surface area contributed by atoms with E-state index in [1.54, 1.807) is 23.1 Å². The number of para-hydroxylation sites is 1. The third-order valence-electron chi connectivity index (χ3n) is 5.30. The highest BCUT2D eigenvalue weighted by molar-refractivity contribution is 6.07. The summed E-state index contributed by atoms with van der Waals surface area (Å²) in [5.74, 6) is 1.13. The van der Waals surface area contributed by atoms with Crippen LogP contribution in [0.1, 0.15) is 22.3 Å². The fourth-order valence-electron chi connectivity index (χ4n) is 3.97. The van der Waals surface area contributed by atoms with Crippen LogP contribution in [0.15, 0.2) is 42.5 Å². The maximum Gasteiger partial charge on any atom is 0.254 e. The molecule has 1 fully saturated rings. The number of nitrogens with one attached hydrogen (secondary N) is 1. The lowest BCUT2D eigenvalue weighted by molar-refractivity contribution is -0.120. The van der Waals surface area contributed by atoms with Crippen LogP contribution in [0.4, 0.5) is 5.69 Å². The van der Waals surface area contributed by atoms with Crippen LogP contribution in [0.3, 0.4) is 0 Å². The molecule has 2 aromatic carbocycles. The number of amides is 2. The third-order valence-corrected chi connectivity index (χ3v) is 5.30. The normalized spacial score (nSPS) is 23.0. The molecule has 1 atom stereocenters. The van der Waals surface area contributed by atoms with Crippen molar-refractivity contribution >= 4 is 17.5 Å². The standard InChI is InChI=1S/C19H16N2O4/c22-17(12-5-6-15-16(9-12)25-11-24-15)21-8-7-19(10-21)13-3-1-2-4-14(13)20-18(19)23/h1-6,9H,7-8,10-11H2,(H,20,23). The molecule has 2 aromatic rings. The molecule has 126 valence electrons. The Morgan fingerprint density at radius 2 is 1.96 bits per heavy atom. The fourth-order valence-corrected chi connectivity index (χ4v) is 3.97. The summed E-state index contributed by atoms with van der Waals surface area (Å²) in [6.45, 7) is 1.12. The molecule has 0 radical (unpaired) electrons. The Balaban J connectivity index is 1.44. The summed E-state index contributed by atoms with van der Waals surface area (Å²) in [5.41, 5.74) is 1.75. The van der Waals surface area contributed by atoms with E-state index < -0.39 is 5.41 Å². The largest absolute Gasteiger partial charge is 0.454 e. The lowest BCUT2D eigenvalue weighted by atomic mass is 9.81. The van der Waals surface area contributed by atoms with E-state index in [1.807, 2.05) is 24.3 Å². The molecule has 0 aromatic heterocycles. The van der Waals surface area contributed by atoms with Crippen LogP contribution >= 0.6 is 0 Å². The first-order chi connectivity index (χ1) is 12.2. The van der Waals surface area contributed by atoms with Crippen LogP contribution in [0.5, 0.6) is 11.5 Å². The average Bonchev–Trinajstić information content (AvgIpc) is 3.34. The van der Waals surface area contributed by atoms with E-state index in [0.717, 1.165) is 11.3 Å². The Hall–Kier alpha value is -3.02. The molecule has 25 heavy (non-hydrogen) atoms. The fraction of sp³-hybridized carbons (Fsp3) is 0.263. The summed E-state index contributed by atoms with van der Waals surface area (Å²) < 4.78 is 10.6. The van der Waals surface area contributed by atoms with E-state index in [4.69, 9.17) is 9.47 Å². The highest BCUT2D eigenvalue weighted by atomic mass is 16.7. The molecular weight excluding hydrogens is 320 g/mol. The van der Waals surface area contributed by atoms with Gasteiger partial charge in [0.25, 0.3) is 5.91 Å². The summed E-state index contributed by atoms with van der Waals surface area (Å²) in [4.78, 5) is 27.3. The molecule has 3 aliphatic rings. The first-order valence-corrected chi connectivity index (χ1v) is 8.27. The minimum atomic E-state index is -0.636. The van der Waals surface area contributed by atoms with Gasteiger partial charge in [0, 0.05) is 24.3 Å². The molecule has 3 aliphatic heterocycles. The Bertz CT molecular complexity index is 910. The molecule has 1 saturated heterocycles. The van der Waals surface area contributed by atoms with E-state index >= 15 is 0 Å². The highest BCUT2D eigenvalue weighted by Crippen LogP contribution is 2.44. The minimum Gasteiger partial charge on any atom is -0.454 e. The SMILES string of the molecule is O=C(c1ccc2c(c1)OCO2)N1CCC2(C1)C(=O)Nc1ccccc12. The molecule has 6 heteroatoms. The second kappa shape index (κ2) is 4.99. The summed E-state index contributed by atoms with van der Waals surface area (Å²) in [6.07, 6.45) is 0.631. The first-order valence-electron chi connectivity index (χ1n) is 8.27. The van der Waals surface area contributed by atoms with Gasteiger partial charge in [-0.25, -0.2) is 0 Å². The van der Waals surface area contributed by atoms with E-state index in [9.17, 15) is 9.59 Å². The summed E-state index contributed by atoms with van der Waals surface area (Å²) in [7, 11) is 0. The van der Waals surface area contributed by atoms with Crippen molar-refractivity contribution in [3.05, 3.63) is 53.6 Å². The van der Waals surface area contributed by atoms with E-state index in [2.05, 4.69) is 5.32 Å². The number of hydrogen-bond donors (Lipinski definition) is 1. The van der Waals surface area contributed by atoms with Gasteiger partial charge in [0.1, 0.15) is 0 Å². The maximum absolute atomic E-state index is 12.9. The van der Waals surface area contributed by atoms with Gasteiger partial charge in [0.05, 0.1) is 5.41 Å². The van der Waals surface area contributed by atoms with E-state index in [0.29, 0.717) is 36.6 Å². The van der Waals surface area contributed by atoms with Crippen LogP contribution in [0.25, 0.3) is 0 Å². The van der Waals surface area contributed by atoms with Crippen molar-refractivity contribution in [1.82, 2.24) is 4.90 Å². The number of carbonyl (C=O) groups is 2. The van der Waals surface area contributed by atoms with Gasteiger partial charge in [-0.1, -0.05) is 18.2 Å². The van der Waals surface area contributed by atoms with Crippen LogP contribution in [-0.4, -0.2) is 36.6 Å². The van der Waals surface area contributed by atoms with E-state index in [1.165, 1.54) is 0 Å². The molecule has 1 unspecified atom stereocenters. The molecule has 1 spiro atoms. The number of rotatable bonds is 1. The monoisotopic (exact) mass is 336 g/mol. The highest BCUT2D eigenvalue weighted by Gasteiger charge is 2.52. The number of hydrogen-bond acceptors (Lipinski definition) is 4. The van der Waals surface area contributed by atoms with Crippen molar-refractivity contribution in [3.8, 4) is 11.5 Å². The number of anilines is 1. The lowest BCUT2D eigenvalue weighted by Gasteiger charge is -2.22. The van der Waals surface area contributed by atoms with Crippen molar-refractivity contribution in [2.45, 2.75) is 11.8 Å². The quantitative estimate of drug-likeness (QED) is 0.866. The Morgan fingerprint density at radius 3 is 2.88 bits per heavy atom. The van der Waals surface area contributed by atoms with Crippen molar-refractivity contribution in [2.24, 2.45) is 0 Å². The molecule has 5 rings (SSSR count). The summed E-state index contributed by atoms with van der Waals surface area (Å²) >= 11 is 0. The van der Waals surface area contributed by atoms with E-state index in [-0.39, 0.29) is 18.6 Å². The predicted octanol–water partition coefficient (Wildman–Crippen LogP) is 2.15. The molecule has 3 heterocycles. The van der Waals surface area contributed by atoms with Crippen LogP contribution in [0, 0.1) is 0 Å². The van der Waals surface area contributed by atoms with Crippen molar-refractivity contribution < 1.29 is 19.1 Å². The van der Waals surface area contributed by atoms with Gasteiger partial charge >= 0.3 is 0 Å². The number of ether oxygens (including phenoxy) is 2. The van der Waals surface area contributed by atoms with Gasteiger partial charge in [0.15, 0.2) is 11.5 Å². The number of fused-ring (bicyclic) bond motifs is 3. The molecule has 0 aliphatic carbocycles. The van der Waals surface area contributed by atoms with Crippen LogP contribution in [0.2, 0.25) is 0 Å². The molecule has 1 N–H and O–H groups in total. The van der Waals surface area contributed by atoms with Crippen LogP contribution in [-0.2, 0) is 10.2 Å². The molecule has 0 saturated carbocycles. The molecular formula is C19H16N2O4. The zero-order chi connectivity index (χ0) is 17.0. The zero-order valence-corrected chi connectivity index (χ0v) is 13.5. The van der Waals surface area contributed by atoms with Gasteiger partial charge in [-0.15, -0.1) is 0 Å². The Kier molecular flexibility index (Phi) is 2.86. The molecule has 6 nitrogen and oxygen atoms in total. The number of carbonyl (C=O) groups excluding carboxylic acids is 2. The van der Waals surface area contributed by atoms with Gasteiger partial charge in [-0.05, 0) is 36.2 Å². The van der Waals surface area contributed by atoms with Gasteiger partial charge < -0.3 is 19.7 Å². The van der Waals surface area contributed by atoms with Crippen LogP contribution < -0.4 is 14.8 Å². The lowest BCUT2D eigenvalue weighted by Crippen LogP contribution is -2.39. The van der Waals surface area contributed by atoms with Crippen molar-refractivity contribution in [1.29, 1.82) is 0 Å².